The lowest BCUT2D eigenvalue weighted by Gasteiger charge is -2.32. The van der Waals surface area contributed by atoms with E-state index in [0.29, 0.717) is 35.4 Å². The largest absolute Gasteiger partial charge is 0.433 e. The Morgan fingerprint density at radius 2 is 2.23 bits per heavy atom. The summed E-state index contributed by atoms with van der Waals surface area (Å²) in [6, 6.07) is 3.85. The molecule has 0 spiro atoms. The molecule has 0 radical (unpaired) electrons. The van der Waals surface area contributed by atoms with Crippen molar-refractivity contribution >= 4 is 11.4 Å². The van der Waals surface area contributed by atoms with E-state index in [1.165, 1.54) is 15.5 Å². The number of hydrogen-bond acceptors (Lipinski definition) is 8. The van der Waals surface area contributed by atoms with E-state index in [9.17, 15) is 13.6 Å². The van der Waals surface area contributed by atoms with Gasteiger partial charge in [-0.1, -0.05) is 0 Å². The number of alkyl halides is 2. The van der Waals surface area contributed by atoms with Gasteiger partial charge in [0.05, 0.1) is 29.5 Å². The summed E-state index contributed by atoms with van der Waals surface area (Å²) in [4.78, 5) is 22.5. The second-order valence-corrected chi connectivity index (χ2v) is 7.88. The first-order valence-corrected chi connectivity index (χ1v) is 10.6. The van der Waals surface area contributed by atoms with E-state index in [4.69, 9.17) is 4.42 Å². The Morgan fingerprint density at radius 3 is 3.03 bits per heavy atom. The minimum atomic E-state index is -2.99. The van der Waals surface area contributed by atoms with Gasteiger partial charge in [-0.25, -0.2) is 9.50 Å². The minimum absolute atomic E-state index is 0.0322. The maximum atomic E-state index is 13.5. The number of nitrogens with one attached hydrogen (secondary N) is 1. The molecule has 5 aromatic rings. The Labute approximate surface area is 195 Å². The van der Waals surface area contributed by atoms with Crippen LogP contribution in [-0.2, 0) is 13.5 Å². The lowest BCUT2D eigenvalue weighted by atomic mass is 9.99. The molecule has 178 valence electrons. The van der Waals surface area contributed by atoms with Crippen molar-refractivity contribution in [1.82, 2.24) is 44.5 Å². The average Bonchev–Trinajstić information content (AvgIpc) is 3.63. The van der Waals surface area contributed by atoms with Gasteiger partial charge in [-0.05, 0) is 18.2 Å². The second-order valence-electron chi connectivity index (χ2n) is 7.88. The Kier molecular flexibility index (Phi) is 4.79. The summed E-state index contributed by atoms with van der Waals surface area (Å²) in [6.07, 6.45) is 6.92. The number of rotatable bonds is 5. The van der Waals surface area contributed by atoms with Crippen LogP contribution < -0.4 is 4.74 Å². The third-order valence-corrected chi connectivity index (χ3v) is 5.72. The summed E-state index contributed by atoms with van der Waals surface area (Å²) in [5.41, 5.74) is 2.77. The standard InChI is InChI=1S/C21H17F2N9O3/c1-30-9-11(8-26-30)18-27-28-19(35-18)20(33)31-6-4-12-16(25-10-24-12)17(31)13-7-14-15(34-21(22)23)3-2-5-32(14)29-13/h2-3,5,7-10,17,21H,4,6H2,1H3,(H,24,25). The maximum Gasteiger partial charge on any atom is 0.387 e. The molecule has 1 atom stereocenters. The summed E-state index contributed by atoms with van der Waals surface area (Å²) >= 11 is 0. The number of aromatic amines is 1. The van der Waals surface area contributed by atoms with Gasteiger partial charge in [-0.15, -0.1) is 10.2 Å². The Balaban J connectivity index is 1.40. The van der Waals surface area contributed by atoms with E-state index in [-0.39, 0.29) is 17.5 Å². The number of pyridine rings is 1. The van der Waals surface area contributed by atoms with Crippen LogP contribution in [0.3, 0.4) is 0 Å². The smallest absolute Gasteiger partial charge is 0.387 e. The van der Waals surface area contributed by atoms with Crippen molar-refractivity contribution in [1.29, 1.82) is 0 Å². The fraction of sp³-hybridized carbons (Fsp3) is 0.238. The molecule has 1 amide bonds. The minimum Gasteiger partial charge on any atom is -0.433 e. The molecule has 6 heterocycles. The van der Waals surface area contributed by atoms with Gasteiger partial charge >= 0.3 is 18.4 Å². The summed E-state index contributed by atoms with van der Waals surface area (Å²) in [6.45, 7) is -2.67. The van der Waals surface area contributed by atoms with Crippen LogP contribution in [0, 0.1) is 0 Å². The van der Waals surface area contributed by atoms with Crippen LogP contribution >= 0.6 is 0 Å². The lowest BCUT2D eigenvalue weighted by Crippen LogP contribution is -2.41. The SMILES string of the molecule is Cn1cc(-c2nnc(C(=O)N3CCc4[nH]cnc4C3c3cc4c(OC(F)F)cccn4n3)o2)cn1. The molecule has 1 aliphatic heterocycles. The van der Waals surface area contributed by atoms with Crippen molar-refractivity contribution in [2.75, 3.05) is 6.54 Å². The van der Waals surface area contributed by atoms with E-state index in [2.05, 4.69) is 35.1 Å². The number of nitrogens with zero attached hydrogens (tertiary/aromatic N) is 8. The monoisotopic (exact) mass is 481 g/mol. The Hall–Kier alpha value is -4.62. The molecule has 12 nitrogen and oxygen atoms in total. The predicted octanol–water partition coefficient (Wildman–Crippen LogP) is 2.23. The number of aryl methyl sites for hydroxylation is 1. The molecule has 5 aromatic heterocycles. The first kappa shape index (κ1) is 20.9. The summed E-state index contributed by atoms with van der Waals surface area (Å²) in [5, 5.41) is 16.5. The van der Waals surface area contributed by atoms with Gasteiger partial charge < -0.3 is 19.0 Å². The molecule has 0 aromatic carbocycles. The predicted molar refractivity (Wildman–Crippen MR) is 113 cm³/mol. The molecule has 0 aliphatic carbocycles. The van der Waals surface area contributed by atoms with E-state index in [1.807, 2.05) is 0 Å². The highest BCUT2D eigenvalue weighted by molar-refractivity contribution is 5.90. The quantitative estimate of drug-likeness (QED) is 0.404. The zero-order valence-electron chi connectivity index (χ0n) is 18.2. The van der Waals surface area contributed by atoms with Crippen LogP contribution in [0.5, 0.6) is 5.75 Å². The number of fused-ring (bicyclic) bond motifs is 2. The van der Waals surface area contributed by atoms with E-state index < -0.39 is 18.6 Å². The van der Waals surface area contributed by atoms with Gasteiger partial charge in [0.1, 0.15) is 11.6 Å². The van der Waals surface area contributed by atoms with Crippen molar-refractivity contribution < 1.29 is 22.7 Å². The van der Waals surface area contributed by atoms with E-state index in [0.717, 1.165) is 5.69 Å². The summed E-state index contributed by atoms with van der Waals surface area (Å²) in [7, 11) is 1.75. The second kappa shape index (κ2) is 8.00. The number of amides is 1. The molecule has 0 fully saturated rings. The number of halogens is 2. The van der Waals surface area contributed by atoms with Gasteiger partial charge in [0, 0.05) is 38.1 Å². The van der Waals surface area contributed by atoms with Gasteiger partial charge in [0.15, 0.2) is 5.75 Å². The number of carbonyl (C=O) groups excluding carboxylic acids is 1. The molecule has 35 heavy (non-hydrogen) atoms. The maximum absolute atomic E-state index is 13.5. The zero-order chi connectivity index (χ0) is 24.1. The first-order chi connectivity index (χ1) is 17.0. The van der Waals surface area contributed by atoms with Crippen LogP contribution in [0.2, 0.25) is 0 Å². The summed E-state index contributed by atoms with van der Waals surface area (Å²) in [5.74, 6) is -0.571. The number of aromatic nitrogens is 8. The molecular formula is C21H17F2N9O3. The highest BCUT2D eigenvalue weighted by atomic mass is 19.3. The molecule has 6 rings (SSSR count). The molecule has 1 unspecified atom stereocenters. The molecule has 1 N–H and O–H groups in total. The van der Waals surface area contributed by atoms with Crippen LogP contribution in [-0.4, -0.2) is 63.5 Å². The van der Waals surface area contributed by atoms with E-state index in [1.54, 1.807) is 48.8 Å². The third kappa shape index (κ3) is 3.59. The zero-order valence-corrected chi connectivity index (χ0v) is 18.2. The van der Waals surface area contributed by atoms with Crippen molar-refractivity contribution in [2.45, 2.75) is 19.1 Å². The van der Waals surface area contributed by atoms with Crippen molar-refractivity contribution in [2.24, 2.45) is 7.05 Å². The van der Waals surface area contributed by atoms with Crippen LogP contribution in [0.15, 0.2) is 47.5 Å². The molecule has 0 saturated carbocycles. The average molecular weight is 481 g/mol. The fourth-order valence-corrected chi connectivity index (χ4v) is 4.21. The van der Waals surface area contributed by atoms with E-state index >= 15 is 0 Å². The molecular weight excluding hydrogens is 464 g/mol. The van der Waals surface area contributed by atoms with Crippen molar-refractivity contribution in [3.8, 4) is 17.2 Å². The van der Waals surface area contributed by atoms with Gasteiger partial charge in [0.2, 0.25) is 0 Å². The molecule has 0 saturated heterocycles. The number of H-pyrrole nitrogens is 1. The van der Waals surface area contributed by atoms with Crippen LogP contribution in [0.1, 0.15) is 33.8 Å². The van der Waals surface area contributed by atoms with Gasteiger partial charge in [-0.3, -0.25) is 9.48 Å². The van der Waals surface area contributed by atoms with Crippen LogP contribution in [0.25, 0.3) is 17.0 Å². The topological polar surface area (TPSA) is 132 Å². The van der Waals surface area contributed by atoms with Gasteiger partial charge in [-0.2, -0.15) is 19.0 Å². The van der Waals surface area contributed by atoms with Crippen molar-refractivity contribution in [3.63, 3.8) is 0 Å². The van der Waals surface area contributed by atoms with Crippen LogP contribution in [0.4, 0.5) is 8.78 Å². The molecule has 14 heteroatoms. The molecule has 0 bridgehead atoms. The van der Waals surface area contributed by atoms with Crippen molar-refractivity contribution in [3.05, 3.63) is 66.1 Å². The van der Waals surface area contributed by atoms with Gasteiger partial charge in [0.25, 0.3) is 5.89 Å². The number of ether oxygens (including phenoxy) is 1. The fourth-order valence-electron chi connectivity index (χ4n) is 4.21. The normalized spacial score (nSPS) is 15.7. The first-order valence-electron chi connectivity index (χ1n) is 10.6. The highest BCUT2D eigenvalue weighted by Gasteiger charge is 2.38. The summed E-state index contributed by atoms with van der Waals surface area (Å²) < 4.78 is 39.1. The highest BCUT2D eigenvalue weighted by Crippen LogP contribution is 2.35. The Bertz CT molecular complexity index is 1540. The Morgan fingerprint density at radius 1 is 1.34 bits per heavy atom. The number of imidazole rings is 1. The number of carbonyl (C=O) groups is 1. The third-order valence-electron chi connectivity index (χ3n) is 5.72. The number of hydrogen-bond donors (Lipinski definition) is 1. The molecule has 1 aliphatic rings. The lowest BCUT2D eigenvalue weighted by molar-refractivity contribution is -0.0490.